The monoisotopic (exact) mass is 276 g/mol. The van der Waals surface area contributed by atoms with Crippen LogP contribution in [0.3, 0.4) is 0 Å². The zero-order valence-corrected chi connectivity index (χ0v) is 12.4. The van der Waals surface area contributed by atoms with Gasteiger partial charge in [-0.05, 0) is 56.6 Å². The summed E-state index contributed by atoms with van der Waals surface area (Å²) in [5.41, 5.74) is 4.06. The van der Waals surface area contributed by atoms with Gasteiger partial charge in [0.25, 0.3) is 0 Å². The largest absolute Gasteiger partial charge is 0.357 e. The summed E-state index contributed by atoms with van der Waals surface area (Å²) in [5.74, 6) is 0. The van der Waals surface area contributed by atoms with E-state index in [0.29, 0.717) is 6.04 Å². The summed E-state index contributed by atoms with van der Waals surface area (Å²) in [6.45, 7) is 3.43. The number of likely N-dealkylation sites (tertiary alicyclic amines) is 1. The molecule has 3 rings (SSSR count). The number of aromatic nitrogens is 1. The number of aromatic amines is 1. The molecule has 2 aromatic rings. The van der Waals surface area contributed by atoms with Crippen LogP contribution >= 0.6 is 11.6 Å². The van der Waals surface area contributed by atoms with Gasteiger partial charge in [0.1, 0.15) is 0 Å². The second-order valence-corrected chi connectivity index (χ2v) is 5.99. The lowest BCUT2D eigenvalue weighted by Gasteiger charge is -2.32. The second-order valence-electron chi connectivity index (χ2n) is 5.55. The van der Waals surface area contributed by atoms with Crippen molar-refractivity contribution in [2.45, 2.75) is 38.6 Å². The molecule has 0 radical (unpaired) electrons. The van der Waals surface area contributed by atoms with E-state index in [1.54, 1.807) is 0 Å². The maximum absolute atomic E-state index is 6.15. The van der Waals surface area contributed by atoms with Crippen molar-refractivity contribution < 1.29 is 0 Å². The third-order valence-corrected chi connectivity index (χ3v) is 4.59. The van der Waals surface area contributed by atoms with E-state index in [1.165, 1.54) is 48.0 Å². The Hall–Kier alpha value is -0.990. The van der Waals surface area contributed by atoms with Crippen molar-refractivity contribution in [1.29, 1.82) is 0 Å². The lowest BCUT2D eigenvalue weighted by atomic mass is 9.96. The highest BCUT2D eigenvalue weighted by Gasteiger charge is 2.25. The van der Waals surface area contributed by atoms with E-state index in [2.05, 4.69) is 36.0 Å². The molecule has 1 atom stereocenters. The van der Waals surface area contributed by atoms with E-state index in [0.717, 1.165) is 11.4 Å². The van der Waals surface area contributed by atoms with E-state index < -0.39 is 0 Å². The van der Waals surface area contributed by atoms with Gasteiger partial charge in [-0.2, -0.15) is 0 Å². The number of fused-ring (bicyclic) bond motifs is 1. The number of hydrogen-bond donors (Lipinski definition) is 1. The van der Waals surface area contributed by atoms with Crippen molar-refractivity contribution in [2.75, 3.05) is 13.6 Å². The van der Waals surface area contributed by atoms with Crippen LogP contribution in [0.5, 0.6) is 0 Å². The SMILES string of the molecule is CCc1c(C2CCCCN2C)[nH]c2ccc(Cl)cc12. The highest BCUT2D eigenvalue weighted by Crippen LogP contribution is 2.35. The van der Waals surface area contributed by atoms with Crippen molar-refractivity contribution in [2.24, 2.45) is 0 Å². The molecule has 19 heavy (non-hydrogen) atoms. The fourth-order valence-electron chi connectivity index (χ4n) is 3.35. The maximum atomic E-state index is 6.15. The Labute approximate surface area is 119 Å². The van der Waals surface area contributed by atoms with Crippen LogP contribution in [0.15, 0.2) is 18.2 Å². The molecular formula is C16H21ClN2. The molecule has 1 saturated heterocycles. The van der Waals surface area contributed by atoms with Gasteiger partial charge in [0, 0.05) is 27.7 Å². The molecule has 3 heteroatoms. The number of H-pyrrole nitrogens is 1. The molecule has 2 nitrogen and oxygen atoms in total. The minimum atomic E-state index is 0.537. The molecule has 1 aromatic heterocycles. The van der Waals surface area contributed by atoms with Gasteiger partial charge in [-0.1, -0.05) is 24.9 Å². The van der Waals surface area contributed by atoms with Gasteiger partial charge in [-0.15, -0.1) is 0 Å². The van der Waals surface area contributed by atoms with E-state index in [1.807, 2.05) is 6.07 Å². The van der Waals surface area contributed by atoms with Crippen LogP contribution < -0.4 is 0 Å². The lowest BCUT2D eigenvalue weighted by Crippen LogP contribution is -2.30. The number of rotatable bonds is 2. The summed E-state index contributed by atoms with van der Waals surface area (Å²) in [6.07, 6.45) is 4.96. The highest BCUT2D eigenvalue weighted by molar-refractivity contribution is 6.31. The molecule has 0 spiro atoms. The summed E-state index contributed by atoms with van der Waals surface area (Å²) >= 11 is 6.15. The Morgan fingerprint density at radius 2 is 2.21 bits per heavy atom. The van der Waals surface area contributed by atoms with Crippen LogP contribution in [-0.4, -0.2) is 23.5 Å². The Bertz CT molecular complexity index is 588. The summed E-state index contributed by atoms with van der Waals surface area (Å²) in [6, 6.07) is 6.70. The first kappa shape index (κ1) is 13.0. The first-order valence-corrected chi connectivity index (χ1v) is 7.58. The number of benzene rings is 1. The Kier molecular flexibility index (Phi) is 3.55. The standard InChI is InChI=1S/C16H21ClN2/c1-3-12-13-10-11(17)7-8-14(13)18-16(12)15-6-4-5-9-19(15)2/h7-8,10,15,18H,3-6,9H2,1-2H3. The molecule has 102 valence electrons. The number of nitrogens with zero attached hydrogens (tertiary/aromatic N) is 1. The molecule has 0 aliphatic carbocycles. The minimum Gasteiger partial charge on any atom is -0.357 e. The quantitative estimate of drug-likeness (QED) is 0.853. The van der Waals surface area contributed by atoms with Crippen LogP contribution in [0.4, 0.5) is 0 Å². The van der Waals surface area contributed by atoms with Gasteiger partial charge in [0.15, 0.2) is 0 Å². The number of hydrogen-bond acceptors (Lipinski definition) is 1. The lowest BCUT2D eigenvalue weighted by molar-refractivity contribution is 0.183. The molecule has 1 aliphatic rings. The molecule has 1 aromatic carbocycles. The van der Waals surface area contributed by atoms with Crippen molar-refractivity contribution in [1.82, 2.24) is 9.88 Å². The molecular weight excluding hydrogens is 256 g/mol. The number of piperidine rings is 1. The smallest absolute Gasteiger partial charge is 0.0498 e. The third-order valence-electron chi connectivity index (χ3n) is 4.36. The van der Waals surface area contributed by atoms with Gasteiger partial charge in [0.2, 0.25) is 0 Å². The Morgan fingerprint density at radius 1 is 1.37 bits per heavy atom. The van der Waals surface area contributed by atoms with Gasteiger partial charge in [-0.3, -0.25) is 4.90 Å². The normalized spacial score (nSPS) is 21.1. The van der Waals surface area contributed by atoms with Crippen molar-refractivity contribution in [3.63, 3.8) is 0 Å². The molecule has 1 fully saturated rings. The minimum absolute atomic E-state index is 0.537. The fraction of sp³-hybridized carbons (Fsp3) is 0.500. The zero-order valence-electron chi connectivity index (χ0n) is 11.7. The van der Waals surface area contributed by atoms with Gasteiger partial charge in [0.05, 0.1) is 0 Å². The van der Waals surface area contributed by atoms with Crippen molar-refractivity contribution >= 4 is 22.5 Å². The van der Waals surface area contributed by atoms with Crippen LogP contribution in [-0.2, 0) is 6.42 Å². The molecule has 0 saturated carbocycles. The van der Waals surface area contributed by atoms with Crippen LogP contribution in [0.1, 0.15) is 43.5 Å². The number of nitrogens with one attached hydrogen (secondary N) is 1. The first-order valence-electron chi connectivity index (χ1n) is 7.21. The zero-order chi connectivity index (χ0) is 13.4. The Morgan fingerprint density at radius 3 is 2.95 bits per heavy atom. The van der Waals surface area contributed by atoms with Crippen molar-refractivity contribution in [3.8, 4) is 0 Å². The van der Waals surface area contributed by atoms with Gasteiger partial charge in [-0.25, -0.2) is 0 Å². The Balaban J connectivity index is 2.12. The predicted molar refractivity (Wildman–Crippen MR) is 81.9 cm³/mol. The third kappa shape index (κ3) is 2.28. The van der Waals surface area contributed by atoms with Crippen LogP contribution in [0.2, 0.25) is 5.02 Å². The van der Waals surface area contributed by atoms with E-state index >= 15 is 0 Å². The van der Waals surface area contributed by atoms with Crippen LogP contribution in [0, 0.1) is 0 Å². The predicted octanol–water partition coefficient (Wildman–Crippen LogP) is 4.54. The average Bonchev–Trinajstić information content (AvgIpc) is 2.76. The number of aryl methyl sites for hydroxylation is 1. The van der Waals surface area contributed by atoms with E-state index in [-0.39, 0.29) is 0 Å². The maximum Gasteiger partial charge on any atom is 0.0498 e. The average molecular weight is 277 g/mol. The summed E-state index contributed by atoms with van der Waals surface area (Å²) in [5, 5.41) is 2.12. The second kappa shape index (κ2) is 5.18. The fourth-order valence-corrected chi connectivity index (χ4v) is 3.52. The summed E-state index contributed by atoms with van der Waals surface area (Å²) in [7, 11) is 2.24. The molecule has 1 N–H and O–H groups in total. The van der Waals surface area contributed by atoms with Crippen LogP contribution in [0.25, 0.3) is 10.9 Å². The summed E-state index contributed by atoms with van der Waals surface area (Å²) < 4.78 is 0. The summed E-state index contributed by atoms with van der Waals surface area (Å²) in [4.78, 5) is 6.12. The molecule has 1 unspecified atom stereocenters. The molecule has 2 heterocycles. The number of halogens is 1. The van der Waals surface area contributed by atoms with Gasteiger partial charge >= 0.3 is 0 Å². The molecule has 0 bridgehead atoms. The highest BCUT2D eigenvalue weighted by atomic mass is 35.5. The first-order chi connectivity index (χ1) is 9.20. The van der Waals surface area contributed by atoms with E-state index in [4.69, 9.17) is 11.6 Å². The van der Waals surface area contributed by atoms with E-state index in [9.17, 15) is 0 Å². The molecule has 1 aliphatic heterocycles. The topological polar surface area (TPSA) is 19.0 Å². The van der Waals surface area contributed by atoms with Gasteiger partial charge < -0.3 is 4.98 Å². The molecule has 0 amide bonds. The van der Waals surface area contributed by atoms with Crippen molar-refractivity contribution in [3.05, 3.63) is 34.5 Å².